The molecule has 2 N–H and O–H groups in total. The molecule has 2 heterocycles. The number of aliphatic hydroxyl groups is 1. The first-order chi connectivity index (χ1) is 21.2. The molecule has 45 heavy (non-hydrogen) atoms. The quantitative estimate of drug-likeness (QED) is 0.304. The van der Waals surface area contributed by atoms with E-state index >= 15 is 0 Å². The van der Waals surface area contributed by atoms with E-state index in [1.165, 1.54) is 43.7 Å². The van der Waals surface area contributed by atoms with E-state index in [2.05, 4.69) is 5.32 Å². The Balaban J connectivity index is 0.00000113. The van der Waals surface area contributed by atoms with Crippen molar-refractivity contribution in [3.05, 3.63) is 60.9 Å². The number of aliphatic hydroxyl groups excluding tert-OH is 1. The number of benzene rings is 1. The molecule has 0 spiro atoms. The number of nitrogens with one attached hydrogen (secondary N) is 1. The van der Waals surface area contributed by atoms with Gasteiger partial charge in [0.25, 0.3) is 5.56 Å². The van der Waals surface area contributed by atoms with Crippen LogP contribution < -0.4 is 21.3 Å². The third-order valence-corrected chi connectivity index (χ3v) is 7.84. The van der Waals surface area contributed by atoms with Crippen LogP contribution in [-0.2, 0) is 28.0 Å². The predicted octanol–water partition coefficient (Wildman–Crippen LogP) is 4.52. The summed E-state index contributed by atoms with van der Waals surface area (Å²) in [6.45, 7) is 15.6. The number of ether oxygens (including phenoxy) is 2. The van der Waals surface area contributed by atoms with Crippen molar-refractivity contribution in [2.75, 3.05) is 20.3 Å². The molecule has 13 heteroatoms. The molecule has 2 aromatic heterocycles. The minimum absolute atomic E-state index is 0.0312. The lowest BCUT2D eigenvalue weighted by Crippen LogP contribution is -2.56. The van der Waals surface area contributed by atoms with Crippen LogP contribution in [0, 0.1) is 30.0 Å². The minimum atomic E-state index is -1.54. The van der Waals surface area contributed by atoms with Crippen LogP contribution in [0.25, 0.3) is 10.2 Å². The van der Waals surface area contributed by atoms with E-state index in [1.54, 1.807) is 34.6 Å². The van der Waals surface area contributed by atoms with E-state index in [0.717, 1.165) is 15.9 Å². The molecular weight excluding hydrogens is 603 g/mol. The number of nitrogens with zero attached hydrogens (tertiary/aromatic N) is 3. The fraction of sp³-hybridized carbons (Fsp3) is 0.531. The second-order valence-corrected chi connectivity index (χ2v) is 11.6. The minimum Gasteiger partial charge on any atom is -0.496 e. The molecule has 0 radical (unpaired) electrons. The number of aromatic nitrogens is 2. The number of carbonyl (C=O) groups excluding carboxylic acids is 2. The summed E-state index contributed by atoms with van der Waals surface area (Å²) in [4.78, 5) is 53.7. The number of nitriles is 1. The summed E-state index contributed by atoms with van der Waals surface area (Å²) in [7, 11) is 1.46. The average molecular weight is 649 g/mol. The topological polar surface area (TPSA) is 153 Å². The highest BCUT2D eigenvalue weighted by Gasteiger charge is 2.36. The van der Waals surface area contributed by atoms with Gasteiger partial charge in [-0.25, -0.2) is 18.5 Å². The Morgan fingerprint density at radius 3 is 2.31 bits per heavy atom. The van der Waals surface area contributed by atoms with Crippen LogP contribution in [0.4, 0.5) is 4.39 Å². The molecule has 0 saturated heterocycles. The molecule has 0 bridgehead atoms. The SMILES string of the molecule is CC.CC(C#N)CO.CCOC(=O)c1sc2c(c1C)c(=O)n(C(C)(C)C(=O)NC(C)C)c(=O)n2CCc1cc(F)ccc1OC. The van der Waals surface area contributed by atoms with E-state index in [-0.39, 0.29) is 53.2 Å². The van der Waals surface area contributed by atoms with Gasteiger partial charge in [0.2, 0.25) is 5.91 Å². The zero-order chi connectivity index (χ0) is 34.6. The van der Waals surface area contributed by atoms with E-state index in [4.69, 9.17) is 19.8 Å². The Morgan fingerprint density at radius 2 is 1.82 bits per heavy atom. The summed E-state index contributed by atoms with van der Waals surface area (Å²) >= 11 is 0.983. The van der Waals surface area contributed by atoms with Gasteiger partial charge in [-0.05, 0) is 84.2 Å². The van der Waals surface area contributed by atoms with Gasteiger partial charge in [-0.2, -0.15) is 5.26 Å². The molecule has 1 aromatic carbocycles. The molecular formula is C32H45FN4O7S. The summed E-state index contributed by atoms with van der Waals surface area (Å²) in [6, 6.07) is 5.74. The zero-order valence-corrected chi connectivity index (χ0v) is 28.6. The number of aryl methyl sites for hydroxylation is 3. The van der Waals surface area contributed by atoms with E-state index in [1.807, 2.05) is 19.9 Å². The molecule has 0 aliphatic carbocycles. The average Bonchev–Trinajstić information content (AvgIpc) is 3.34. The highest BCUT2D eigenvalue weighted by molar-refractivity contribution is 7.20. The van der Waals surface area contributed by atoms with Crippen molar-refractivity contribution in [2.45, 2.75) is 86.9 Å². The maximum Gasteiger partial charge on any atom is 0.348 e. The molecule has 1 amide bonds. The van der Waals surface area contributed by atoms with Crippen LogP contribution in [0.15, 0.2) is 27.8 Å². The number of hydrogen-bond donors (Lipinski definition) is 2. The molecule has 1 atom stereocenters. The number of hydrogen-bond acceptors (Lipinski definition) is 9. The Kier molecular flexibility index (Phi) is 15.1. The van der Waals surface area contributed by atoms with Gasteiger partial charge < -0.3 is 19.9 Å². The third kappa shape index (κ3) is 9.25. The molecule has 0 saturated carbocycles. The van der Waals surface area contributed by atoms with E-state index < -0.39 is 34.5 Å². The van der Waals surface area contributed by atoms with Gasteiger partial charge in [-0.1, -0.05) is 13.8 Å². The lowest BCUT2D eigenvalue weighted by molar-refractivity contribution is -0.129. The second kappa shape index (κ2) is 17.5. The predicted molar refractivity (Wildman–Crippen MR) is 174 cm³/mol. The second-order valence-electron chi connectivity index (χ2n) is 10.6. The van der Waals surface area contributed by atoms with Crippen molar-refractivity contribution in [3.8, 4) is 11.8 Å². The van der Waals surface area contributed by atoms with Crippen molar-refractivity contribution in [2.24, 2.45) is 5.92 Å². The van der Waals surface area contributed by atoms with E-state index in [9.17, 15) is 23.6 Å². The van der Waals surface area contributed by atoms with Crippen molar-refractivity contribution < 1.29 is 28.6 Å². The van der Waals surface area contributed by atoms with Gasteiger partial charge in [0.1, 0.15) is 26.8 Å². The molecule has 0 fully saturated rings. The van der Waals surface area contributed by atoms with Gasteiger partial charge in [0, 0.05) is 12.6 Å². The largest absolute Gasteiger partial charge is 0.496 e. The molecule has 0 aliphatic rings. The monoisotopic (exact) mass is 648 g/mol. The smallest absolute Gasteiger partial charge is 0.348 e. The van der Waals surface area contributed by atoms with Crippen LogP contribution in [0.5, 0.6) is 5.75 Å². The molecule has 248 valence electrons. The maximum atomic E-state index is 14.0. The van der Waals surface area contributed by atoms with Crippen molar-refractivity contribution in [1.29, 1.82) is 5.26 Å². The highest BCUT2D eigenvalue weighted by atomic mass is 32.1. The molecule has 0 aliphatic heterocycles. The van der Waals surface area contributed by atoms with Crippen LogP contribution in [-0.4, -0.2) is 52.5 Å². The molecule has 3 rings (SSSR count). The van der Waals surface area contributed by atoms with Crippen LogP contribution in [0.3, 0.4) is 0 Å². The van der Waals surface area contributed by atoms with Crippen LogP contribution in [0.2, 0.25) is 0 Å². The lowest BCUT2D eigenvalue weighted by atomic mass is 10.0. The van der Waals surface area contributed by atoms with Crippen molar-refractivity contribution in [3.63, 3.8) is 0 Å². The summed E-state index contributed by atoms with van der Waals surface area (Å²) < 4.78 is 26.7. The number of methoxy groups -OCH3 is 1. The van der Waals surface area contributed by atoms with Crippen molar-refractivity contribution >= 4 is 33.4 Å². The number of amides is 1. The van der Waals surface area contributed by atoms with Gasteiger partial charge >= 0.3 is 11.7 Å². The number of thiophene rings is 1. The third-order valence-electron chi connectivity index (χ3n) is 6.55. The number of rotatable bonds is 10. The first-order valence-electron chi connectivity index (χ1n) is 14.8. The van der Waals surface area contributed by atoms with Crippen LogP contribution >= 0.6 is 11.3 Å². The lowest BCUT2D eigenvalue weighted by Gasteiger charge is -2.27. The number of halogens is 1. The van der Waals surface area contributed by atoms with Crippen molar-refractivity contribution in [1.82, 2.24) is 14.5 Å². The van der Waals surface area contributed by atoms with Gasteiger partial charge in [0.15, 0.2) is 0 Å². The van der Waals surface area contributed by atoms with Gasteiger partial charge in [0.05, 0.1) is 37.7 Å². The molecule has 1 unspecified atom stereocenters. The van der Waals surface area contributed by atoms with Gasteiger partial charge in [-0.15, -0.1) is 11.3 Å². The molecule has 11 nitrogen and oxygen atoms in total. The first-order valence-corrected chi connectivity index (χ1v) is 15.6. The summed E-state index contributed by atoms with van der Waals surface area (Å²) in [5.74, 6) is -1.32. The Morgan fingerprint density at radius 1 is 1.20 bits per heavy atom. The maximum absolute atomic E-state index is 14.0. The fourth-order valence-corrected chi connectivity index (χ4v) is 5.40. The van der Waals surface area contributed by atoms with Gasteiger partial charge in [-0.3, -0.25) is 14.2 Å². The highest BCUT2D eigenvalue weighted by Crippen LogP contribution is 2.30. The Bertz CT molecular complexity index is 1630. The van der Waals surface area contributed by atoms with Crippen LogP contribution in [0.1, 0.15) is 76.2 Å². The number of carbonyl (C=O) groups is 2. The summed E-state index contributed by atoms with van der Waals surface area (Å²) in [5, 5.41) is 19.0. The Hall–Kier alpha value is -4.02. The first kappa shape index (κ1) is 39.0. The summed E-state index contributed by atoms with van der Waals surface area (Å²) in [6.07, 6.45) is 0.193. The normalized spacial score (nSPS) is 11.5. The summed E-state index contributed by atoms with van der Waals surface area (Å²) in [5.41, 5.74) is -2.03. The Labute approximate surface area is 267 Å². The fourth-order valence-electron chi connectivity index (χ4n) is 4.18. The van der Waals surface area contributed by atoms with E-state index in [0.29, 0.717) is 16.9 Å². The standard InChI is InChI=1S/C26H32FN3O6S.C4H7NO.C2H6/c1-8-36-23(32)20-15(4)19-21(31)30(26(5,6)24(33)28-14(2)3)25(34)29(22(19)37-20)12-11-16-13-17(27)9-10-18(16)35-7;1-4(2-5)3-6;1-2/h9-10,13-14H,8,11-12H2,1-7H3,(H,28,33);4,6H,3H2,1H3;1-2H3. The molecule has 3 aromatic rings. The zero-order valence-electron chi connectivity index (χ0n) is 27.7. The number of esters is 1. The number of fused-ring (bicyclic) bond motifs is 1.